The van der Waals surface area contributed by atoms with Gasteiger partial charge in [-0.05, 0) is 48.2 Å². The van der Waals surface area contributed by atoms with E-state index < -0.39 is 0 Å². The number of anilines is 1. The Balaban J connectivity index is 1.53. The van der Waals surface area contributed by atoms with Crippen LogP contribution >= 0.6 is 11.6 Å². The molecule has 0 atom stereocenters. The largest absolute Gasteiger partial charge is 0.380 e. The van der Waals surface area contributed by atoms with E-state index in [4.69, 9.17) is 11.6 Å². The van der Waals surface area contributed by atoms with Crippen LogP contribution in [0.3, 0.4) is 0 Å². The molecular weight excluding hydrogens is 358 g/mol. The average Bonchev–Trinajstić information content (AvgIpc) is 2.69. The predicted octanol–water partition coefficient (Wildman–Crippen LogP) is 4.63. The van der Waals surface area contributed by atoms with Crippen molar-refractivity contribution in [2.45, 2.75) is 19.9 Å². The van der Waals surface area contributed by atoms with E-state index in [1.807, 2.05) is 42.5 Å². The molecule has 5 heteroatoms. The molecule has 1 aromatic heterocycles. The lowest BCUT2D eigenvalue weighted by atomic mass is 10.1. The molecule has 3 rings (SSSR count). The summed E-state index contributed by atoms with van der Waals surface area (Å²) in [4.78, 5) is 16.5. The summed E-state index contributed by atoms with van der Waals surface area (Å²) in [5, 5.41) is 6.97. The number of carbonyl (C=O) groups is 1. The first-order chi connectivity index (χ1) is 13.1. The van der Waals surface area contributed by atoms with E-state index in [1.54, 1.807) is 12.4 Å². The molecule has 1 heterocycles. The van der Waals surface area contributed by atoms with E-state index in [0.717, 1.165) is 17.7 Å². The van der Waals surface area contributed by atoms with E-state index in [-0.39, 0.29) is 5.91 Å². The number of aromatic nitrogens is 1. The standard InChI is InChI=1S/C22H22ClN3O/c1-16-4-2-3-5-18(16)14-26-21-12-19(13-24-15-21)22(27)25-11-10-17-6-8-20(23)9-7-17/h2-9,12-13,15,26H,10-11,14H2,1H3,(H,25,27). The van der Waals surface area contributed by atoms with Crippen LogP contribution in [0.1, 0.15) is 27.0 Å². The van der Waals surface area contributed by atoms with Crippen LogP contribution < -0.4 is 10.6 Å². The zero-order valence-corrected chi connectivity index (χ0v) is 16.0. The Morgan fingerprint density at radius 1 is 1.07 bits per heavy atom. The third kappa shape index (κ3) is 5.56. The molecule has 27 heavy (non-hydrogen) atoms. The van der Waals surface area contributed by atoms with Gasteiger partial charge in [0.2, 0.25) is 0 Å². The molecule has 0 aliphatic heterocycles. The Bertz CT molecular complexity index is 909. The minimum atomic E-state index is -0.129. The van der Waals surface area contributed by atoms with Gasteiger partial charge in [-0.15, -0.1) is 0 Å². The van der Waals surface area contributed by atoms with Crippen molar-refractivity contribution in [3.05, 3.63) is 94.3 Å². The van der Waals surface area contributed by atoms with E-state index in [9.17, 15) is 4.79 Å². The number of hydrogen-bond donors (Lipinski definition) is 2. The summed E-state index contributed by atoms with van der Waals surface area (Å²) < 4.78 is 0. The van der Waals surface area contributed by atoms with Crippen LogP contribution in [0.2, 0.25) is 5.02 Å². The van der Waals surface area contributed by atoms with Gasteiger partial charge in [-0.25, -0.2) is 0 Å². The lowest BCUT2D eigenvalue weighted by Crippen LogP contribution is -2.25. The highest BCUT2D eigenvalue weighted by molar-refractivity contribution is 6.30. The first-order valence-electron chi connectivity index (χ1n) is 8.88. The van der Waals surface area contributed by atoms with Gasteiger partial charge in [0.15, 0.2) is 0 Å². The van der Waals surface area contributed by atoms with Gasteiger partial charge in [-0.1, -0.05) is 48.0 Å². The van der Waals surface area contributed by atoms with Crippen LogP contribution in [0.5, 0.6) is 0 Å². The van der Waals surface area contributed by atoms with Crippen LogP contribution in [0.15, 0.2) is 67.0 Å². The van der Waals surface area contributed by atoms with Gasteiger partial charge in [-0.2, -0.15) is 0 Å². The number of rotatable bonds is 7. The maximum absolute atomic E-state index is 12.4. The minimum absolute atomic E-state index is 0.129. The first-order valence-corrected chi connectivity index (χ1v) is 9.26. The fraction of sp³-hybridized carbons (Fsp3) is 0.182. The van der Waals surface area contributed by atoms with Gasteiger partial charge in [-0.3, -0.25) is 9.78 Å². The summed E-state index contributed by atoms with van der Waals surface area (Å²) >= 11 is 5.88. The van der Waals surface area contributed by atoms with Crippen LogP contribution in [0.25, 0.3) is 0 Å². The van der Waals surface area contributed by atoms with Crippen molar-refractivity contribution in [1.29, 1.82) is 0 Å². The molecule has 3 aromatic rings. The maximum Gasteiger partial charge on any atom is 0.252 e. The molecule has 0 saturated heterocycles. The zero-order valence-electron chi connectivity index (χ0n) is 15.2. The lowest BCUT2D eigenvalue weighted by Gasteiger charge is -2.10. The molecule has 0 unspecified atom stereocenters. The number of amides is 1. The highest BCUT2D eigenvalue weighted by Gasteiger charge is 2.07. The predicted molar refractivity (Wildman–Crippen MR) is 110 cm³/mol. The summed E-state index contributed by atoms with van der Waals surface area (Å²) in [5.74, 6) is -0.129. The quantitative estimate of drug-likeness (QED) is 0.629. The van der Waals surface area contributed by atoms with Crippen LogP contribution in [0.4, 0.5) is 5.69 Å². The van der Waals surface area contributed by atoms with E-state index in [1.165, 1.54) is 11.1 Å². The van der Waals surface area contributed by atoms with Gasteiger partial charge in [0.05, 0.1) is 11.3 Å². The SMILES string of the molecule is Cc1ccccc1CNc1cncc(C(=O)NCCc2ccc(Cl)cc2)c1. The molecule has 0 bridgehead atoms. The molecule has 0 saturated carbocycles. The Hall–Kier alpha value is -2.85. The van der Waals surface area contributed by atoms with Crippen molar-refractivity contribution in [2.75, 3.05) is 11.9 Å². The molecule has 2 N–H and O–H groups in total. The maximum atomic E-state index is 12.4. The molecule has 0 radical (unpaired) electrons. The van der Waals surface area contributed by atoms with Crippen LogP contribution in [-0.4, -0.2) is 17.4 Å². The van der Waals surface area contributed by atoms with E-state index in [0.29, 0.717) is 23.7 Å². The van der Waals surface area contributed by atoms with Crippen molar-refractivity contribution in [3.8, 4) is 0 Å². The molecule has 1 amide bonds. The Morgan fingerprint density at radius 3 is 2.63 bits per heavy atom. The second kappa shape index (κ2) is 9.19. The normalized spacial score (nSPS) is 10.4. The van der Waals surface area contributed by atoms with E-state index >= 15 is 0 Å². The fourth-order valence-electron chi connectivity index (χ4n) is 2.74. The second-order valence-electron chi connectivity index (χ2n) is 6.37. The smallest absolute Gasteiger partial charge is 0.252 e. The Morgan fingerprint density at radius 2 is 1.85 bits per heavy atom. The number of hydrogen-bond acceptors (Lipinski definition) is 3. The van der Waals surface area contributed by atoms with E-state index in [2.05, 4.69) is 34.7 Å². The number of benzene rings is 2. The van der Waals surface area contributed by atoms with Crippen molar-refractivity contribution in [2.24, 2.45) is 0 Å². The van der Waals surface area contributed by atoms with Crippen molar-refractivity contribution in [3.63, 3.8) is 0 Å². The summed E-state index contributed by atoms with van der Waals surface area (Å²) in [6.45, 7) is 3.33. The molecule has 2 aromatic carbocycles. The van der Waals surface area contributed by atoms with Crippen molar-refractivity contribution in [1.82, 2.24) is 10.3 Å². The number of halogens is 1. The first kappa shape index (κ1) is 18.9. The summed E-state index contributed by atoms with van der Waals surface area (Å²) in [7, 11) is 0. The van der Waals surface area contributed by atoms with Crippen molar-refractivity contribution < 1.29 is 4.79 Å². The summed E-state index contributed by atoms with van der Waals surface area (Å²) in [6, 6.07) is 17.7. The number of nitrogens with zero attached hydrogens (tertiary/aromatic N) is 1. The van der Waals surface area contributed by atoms with Gasteiger partial charge in [0.25, 0.3) is 5.91 Å². The summed E-state index contributed by atoms with van der Waals surface area (Å²) in [5.41, 5.74) is 4.94. The number of aryl methyl sites for hydroxylation is 1. The van der Waals surface area contributed by atoms with Crippen molar-refractivity contribution >= 4 is 23.2 Å². The van der Waals surface area contributed by atoms with Gasteiger partial charge < -0.3 is 10.6 Å². The van der Waals surface area contributed by atoms with Gasteiger partial charge >= 0.3 is 0 Å². The Kier molecular flexibility index (Phi) is 6.44. The van der Waals surface area contributed by atoms with Gasteiger partial charge in [0, 0.05) is 30.5 Å². The molecule has 0 aliphatic carbocycles. The molecule has 4 nitrogen and oxygen atoms in total. The van der Waals surface area contributed by atoms with Crippen LogP contribution in [-0.2, 0) is 13.0 Å². The summed E-state index contributed by atoms with van der Waals surface area (Å²) in [6.07, 6.45) is 4.06. The molecule has 0 spiro atoms. The number of carbonyl (C=O) groups excluding carboxylic acids is 1. The number of nitrogens with one attached hydrogen (secondary N) is 2. The fourth-order valence-corrected chi connectivity index (χ4v) is 2.87. The van der Waals surface area contributed by atoms with Crippen LogP contribution in [0, 0.1) is 6.92 Å². The molecular formula is C22H22ClN3O. The third-order valence-electron chi connectivity index (χ3n) is 4.36. The minimum Gasteiger partial charge on any atom is -0.380 e. The van der Waals surface area contributed by atoms with Gasteiger partial charge in [0.1, 0.15) is 0 Å². The second-order valence-corrected chi connectivity index (χ2v) is 6.81. The lowest BCUT2D eigenvalue weighted by molar-refractivity contribution is 0.0954. The molecule has 138 valence electrons. The zero-order chi connectivity index (χ0) is 19.1. The molecule has 0 aliphatic rings. The monoisotopic (exact) mass is 379 g/mol. The highest BCUT2D eigenvalue weighted by Crippen LogP contribution is 2.13. The average molecular weight is 380 g/mol. The Labute approximate surface area is 164 Å². The third-order valence-corrected chi connectivity index (χ3v) is 4.61. The number of pyridine rings is 1. The highest BCUT2D eigenvalue weighted by atomic mass is 35.5. The molecule has 0 fully saturated rings. The topological polar surface area (TPSA) is 54.0 Å².